The summed E-state index contributed by atoms with van der Waals surface area (Å²) in [6.07, 6.45) is -1.75. The Hall–Kier alpha value is -3.29. The molecule has 0 aliphatic rings. The maximum Gasteiger partial charge on any atom is 0.418 e. The maximum atomic E-state index is 13.0. The highest BCUT2D eigenvalue weighted by atomic mass is 19.4. The Balaban J connectivity index is 2.07. The van der Waals surface area contributed by atoms with Crippen LogP contribution in [0, 0.1) is 0 Å². The van der Waals surface area contributed by atoms with E-state index in [1.54, 1.807) is 37.3 Å². The minimum absolute atomic E-state index is 0.212. The Morgan fingerprint density at radius 1 is 1.10 bits per heavy atom. The van der Waals surface area contributed by atoms with Gasteiger partial charge in [0.05, 0.1) is 18.4 Å². The first-order chi connectivity index (χ1) is 13.8. The van der Waals surface area contributed by atoms with Crippen LogP contribution in [0.15, 0.2) is 54.6 Å². The number of para-hydroxylation sites is 2. The van der Waals surface area contributed by atoms with E-state index in [0.717, 1.165) is 6.07 Å². The topological polar surface area (TPSA) is 58.6 Å². The summed E-state index contributed by atoms with van der Waals surface area (Å²) in [6, 6.07) is 11.8. The van der Waals surface area contributed by atoms with Gasteiger partial charge in [-0.15, -0.1) is 0 Å². The number of nitrogens with zero attached hydrogens (tertiary/aromatic N) is 1. The molecule has 2 aromatic rings. The van der Waals surface area contributed by atoms with Crippen molar-refractivity contribution in [2.24, 2.45) is 0 Å². The van der Waals surface area contributed by atoms with Gasteiger partial charge in [-0.25, -0.2) is 0 Å². The van der Waals surface area contributed by atoms with E-state index in [1.807, 2.05) is 0 Å². The lowest BCUT2D eigenvalue weighted by Gasteiger charge is -2.20. The van der Waals surface area contributed by atoms with Gasteiger partial charge in [0.1, 0.15) is 12.3 Å². The minimum Gasteiger partial charge on any atom is -0.496 e. The van der Waals surface area contributed by atoms with Gasteiger partial charge in [0.15, 0.2) is 0 Å². The lowest BCUT2D eigenvalue weighted by atomic mass is 10.1. The molecule has 0 spiro atoms. The molecule has 2 aromatic carbocycles. The lowest BCUT2D eigenvalue weighted by Crippen LogP contribution is -2.37. The highest BCUT2D eigenvalue weighted by Gasteiger charge is 2.33. The van der Waals surface area contributed by atoms with Gasteiger partial charge >= 0.3 is 6.18 Å². The summed E-state index contributed by atoms with van der Waals surface area (Å²) in [7, 11) is 1.51. The molecule has 29 heavy (non-hydrogen) atoms. The predicted octanol–water partition coefficient (Wildman–Crippen LogP) is 4.21. The third-order valence-corrected chi connectivity index (χ3v) is 4.08. The second-order valence-electron chi connectivity index (χ2n) is 6.02. The van der Waals surface area contributed by atoms with Crippen molar-refractivity contribution in [1.29, 1.82) is 0 Å². The van der Waals surface area contributed by atoms with E-state index in [2.05, 4.69) is 5.32 Å². The van der Waals surface area contributed by atoms with Crippen LogP contribution in [0.2, 0.25) is 0 Å². The second-order valence-corrected chi connectivity index (χ2v) is 6.02. The Morgan fingerprint density at radius 3 is 2.41 bits per heavy atom. The number of hydrogen-bond acceptors (Lipinski definition) is 3. The number of methoxy groups -OCH3 is 1. The van der Waals surface area contributed by atoms with Gasteiger partial charge in [0, 0.05) is 18.2 Å². The van der Waals surface area contributed by atoms with Crippen LogP contribution < -0.4 is 10.1 Å². The number of carbonyl (C=O) groups excluding carboxylic acids is 2. The van der Waals surface area contributed by atoms with Crippen LogP contribution in [-0.4, -0.2) is 36.9 Å². The van der Waals surface area contributed by atoms with Gasteiger partial charge in [-0.3, -0.25) is 9.59 Å². The first-order valence-corrected chi connectivity index (χ1v) is 8.82. The molecule has 0 atom stereocenters. The van der Waals surface area contributed by atoms with E-state index in [0.29, 0.717) is 11.3 Å². The van der Waals surface area contributed by atoms with Crippen molar-refractivity contribution < 1.29 is 27.5 Å². The summed E-state index contributed by atoms with van der Waals surface area (Å²) in [4.78, 5) is 25.8. The highest BCUT2D eigenvalue weighted by Crippen LogP contribution is 2.34. The Bertz CT molecular complexity index is 895. The van der Waals surface area contributed by atoms with E-state index >= 15 is 0 Å². The molecule has 0 fully saturated rings. The predicted molar refractivity (Wildman–Crippen MR) is 104 cm³/mol. The first-order valence-electron chi connectivity index (χ1n) is 8.82. The number of rotatable bonds is 7. The number of halogens is 3. The largest absolute Gasteiger partial charge is 0.496 e. The van der Waals surface area contributed by atoms with E-state index in [4.69, 9.17) is 4.74 Å². The monoisotopic (exact) mass is 406 g/mol. The molecule has 0 aliphatic carbocycles. The van der Waals surface area contributed by atoms with E-state index in [9.17, 15) is 22.8 Å². The summed E-state index contributed by atoms with van der Waals surface area (Å²) in [6.45, 7) is 1.51. The van der Waals surface area contributed by atoms with Gasteiger partial charge in [0.25, 0.3) is 0 Å². The molecule has 2 rings (SSSR count). The molecule has 0 saturated heterocycles. The standard InChI is InChI=1S/C21H21F3N2O3/c1-3-26(20(28)13-12-15-8-4-7-11-18(15)29-2)14-19(27)25-17-10-6-5-9-16(17)21(22,23)24/h4-13H,3,14H2,1-2H3,(H,25,27). The third-order valence-electron chi connectivity index (χ3n) is 4.08. The number of nitrogens with one attached hydrogen (secondary N) is 1. The summed E-state index contributed by atoms with van der Waals surface area (Å²) in [5, 5.41) is 2.23. The number of hydrogen-bond donors (Lipinski definition) is 1. The molecular weight excluding hydrogens is 385 g/mol. The number of carbonyl (C=O) groups is 2. The first kappa shape index (κ1) is 22.0. The van der Waals surface area contributed by atoms with Crippen LogP contribution >= 0.6 is 0 Å². The molecule has 0 bridgehead atoms. The minimum atomic E-state index is -4.60. The molecule has 0 aromatic heterocycles. The SMILES string of the molecule is CCN(CC(=O)Nc1ccccc1C(F)(F)F)C(=O)C=Cc1ccccc1OC. The smallest absolute Gasteiger partial charge is 0.418 e. The fraction of sp³-hybridized carbons (Fsp3) is 0.238. The van der Waals surface area contributed by atoms with Crippen LogP contribution in [-0.2, 0) is 15.8 Å². The zero-order chi connectivity index (χ0) is 21.4. The molecular formula is C21H21F3N2O3. The zero-order valence-electron chi connectivity index (χ0n) is 16.0. The maximum absolute atomic E-state index is 13.0. The average Bonchev–Trinajstić information content (AvgIpc) is 2.70. The molecule has 0 unspecified atom stereocenters. The molecule has 1 N–H and O–H groups in total. The van der Waals surface area contributed by atoms with Gasteiger partial charge in [0.2, 0.25) is 11.8 Å². The van der Waals surface area contributed by atoms with E-state index in [-0.39, 0.29) is 18.8 Å². The number of amides is 2. The number of benzene rings is 2. The van der Waals surface area contributed by atoms with Crippen molar-refractivity contribution in [2.75, 3.05) is 25.5 Å². The van der Waals surface area contributed by atoms with Gasteiger partial charge in [-0.05, 0) is 31.2 Å². The molecule has 0 saturated carbocycles. The zero-order valence-corrected chi connectivity index (χ0v) is 16.0. The average molecular weight is 406 g/mol. The van der Waals surface area contributed by atoms with Gasteiger partial charge in [-0.1, -0.05) is 30.3 Å². The molecule has 8 heteroatoms. The second kappa shape index (κ2) is 9.77. The van der Waals surface area contributed by atoms with Crippen molar-refractivity contribution in [2.45, 2.75) is 13.1 Å². The van der Waals surface area contributed by atoms with Crippen LogP contribution in [0.4, 0.5) is 18.9 Å². The highest BCUT2D eigenvalue weighted by molar-refractivity contribution is 5.98. The van der Waals surface area contributed by atoms with Crippen LogP contribution in [0.5, 0.6) is 5.75 Å². The summed E-state index contributed by atoms with van der Waals surface area (Å²) >= 11 is 0. The summed E-state index contributed by atoms with van der Waals surface area (Å²) < 4.78 is 44.3. The van der Waals surface area contributed by atoms with Crippen LogP contribution in [0.3, 0.4) is 0 Å². The van der Waals surface area contributed by atoms with Crippen molar-refractivity contribution in [1.82, 2.24) is 4.90 Å². The Labute approximate surface area is 166 Å². The molecule has 0 radical (unpaired) electrons. The number of alkyl halides is 3. The van der Waals surface area contributed by atoms with Crippen molar-refractivity contribution >= 4 is 23.6 Å². The Morgan fingerprint density at radius 2 is 1.76 bits per heavy atom. The molecule has 0 heterocycles. The van der Waals surface area contributed by atoms with Crippen molar-refractivity contribution in [3.05, 3.63) is 65.7 Å². The van der Waals surface area contributed by atoms with Crippen LogP contribution in [0.1, 0.15) is 18.1 Å². The van der Waals surface area contributed by atoms with Gasteiger partial charge in [-0.2, -0.15) is 13.2 Å². The normalized spacial score (nSPS) is 11.3. The fourth-order valence-corrected chi connectivity index (χ4v) is 2.62. The van der Waals surface area contributed by atoms with Crippen molar-refractivity contribution in [3.63, 3.8) is 0 Å². The summed E-state index contributed by atoms with van der Waals surface area (Å²) in [5.74, 6) is -0.582. The van der Waals surface area contributed by atoms with E-state index < -0.39 is 23.6 Å². The summed E-state index contributed by atoms with van der Waals surface area (Å²) in [5.41, 5.74) is -0.611. The van der Waals surface area contributed by atoms with Crippen molar-refractivity contribution in [3.8, 4) is 5.75 Å². The number of anilines is 1. The number of ether oxygens (including phenoxy) is 1. The lowest BCUT2D eigenvalue weighted by molar-refractivity contribution is -0.137. The Kier molecular flexibility index (Phi) is 7.41. The molecule has 2 amide bonds. The number of likely N-dealkylation sites (N-methyl/N-ethyl adjacent to an activating group) is 1. The van der Waals surface area contributed by atoms with Crippen LogP contribution in [0.25, 0.3) is 6.08 Å². The third kappa shape index (κ3) is 6.10. The quantitative estimate of drug-likeness (QED) is 0.701. The molecule has 5 nitrogen and oxygen atoms in total. The molecule has 0 aliphatic heterocycles. The van der Waals surface area contributed by atoms with Gasteiger partial charge < -0.3 is 15.0 Å². The van der Waals surface area contributed by atoms with E-state index in [1.165, 1.54) is 36.3 Å². The molecule has 154 valence electrons. The fourth-order valence-electron chi connectivity index (χ4n) is 2.62.